The smallest absolute Gasteiger partial charge is 0.253 e. The molecule has 2 heterocycles. The number of amides is 2. The predicted octanol–water partition coefficient (Wildman–Crippen LogP) is 2.89. The lowest BCUT2D eigenvalue weighted by Gasteiger charge is -2.23. The molecule has 4 rings (SSSR count). The minimum atomic E-state index is -0.212. The summed E-state index contributed by atoms with van der Waals surface area (Å²) in [6.45, 7) is 6.36. The van der Waals surface area contributed by atoms with E-state index >= 15 is 0 Å². The zero-order valence-corrected chi connectivity index (χ0v) is 20.5. The van der Waals surface area contributed by atoms with Crippen molar-refractivity contribution in [1.82, 2.24) is 29.9 Å². The van der Waals surface area contributed by atoms with Crippen molar-refractivity contribution in [2.75, 3.05) is 33.7 Å². The number of nitrogens with zero attached hydrogens (tertiary/aromatic N) is 5. The number of aromatic nitrogens is 3. The highest BCUT2D eigenvalue weighted by Crippen LogP contribution is 2.23. The lowest BCUT2D eigenvalue weighted by atomic mass is 10.0. The van der Waals surface area contributed by atoms with Crippen LogP contribution < -0.4 is 5.32 Å². The molecule has 0 saturated heterocycles. The molecule has 0 fully saturated rings. The minimum Gasteiger partial charge on any atom is -0.345 e. The Balaban J connectivity index is 1.51. The van der Waals surface area contributed by atoms with Crippen molar-refractivity contribution in [2.24, 2.45) is 5.92 Å². The molecule has 8 heteroatoms. The van der Waals surface area contributed by atoms with E-state index in [2.05, 4.69) is 33.9 Å². The van der Waals surface area contributed by atoms with E-state index in [1.165, 1.54) is 0 Å². The van der Waals surface area contributed by atoms with Crippen LogP contribution in [0.15, 0.2) is 42.5 Å². The third kappa shape index (κ3) is 5.44. The number of hydrogen-bond donors (Lipinski definition) is 1. The summed E-state index contributed by atoms with van der Waals surface area (Å²) in [5.74, 6) is 2.02. The number of fused-ring (bicyclic) bond motifs is 2. The van der Waals surface area contributed by atoms with Crippen molar-refractivity contribution in [3.8, 4) is 0 Å². The van der Waals surface area contributed by atoms with Gasteiger partial charge in [0.2, 0.25) is 5.91 Å². The van der Waals surface area contributed by atoms with Gasteiger partial charge in [-0.1, -0.05) is 44.2 Å². The quantitative estimate of drug-likeness (QED) is 0.584. The largest absolute Gasteiger partial charge is 0.345 e. The SMILES string of the molecule is CC(C)C[C@H](NC(=O)CN(C)C)c1nnc2n1CCN(C(=O)c1ccc3ccccc3c1)CC2. The van der Waals surface area contributed by atoms with E-state index in [9.17, 15) is 9.59 Å². The van der Waals surface area contributed by atoms with E-state index in [0.717, 1.165) is 28.8 Å². The van der Waals surface area contributed by atoms with E-state index in [1.54, 1.807) is 0 Å². The third-order valence-electron chi connectivity index (χ3n) is 6.15. The van der Waals surface area contributed by atoms with Gasteiger partial charge in [-0.2, -0.15) is 0 Å². The number of likely N-dealkylation sites (N-methyl/N-ethyl adjacent to an activating group) is 1. The number of benzene rings is 2. The Labute approximate surface area is 200 Å². The number of rotatable bonds is 7. The summed E-state index contributed by atoms with van der Waals surface area (Å²) in [5.41, 5.74) is 0.699. The molecule has 0 bridgehead atoms. The molecule has 0 spiro atoms. The monoisotopic (exact) mass is 462 g/mol. The fourth-order valence-corrected chi connectivity index (χ4v) is 4.54. The molecule has 0 saturated carbocycles. The number of nitrogens with one attached hydrogen (secondary N) is 1. The highest BCUT2D eigenvalue weighted by atomic mass is 16.2. The molecule has 8 nitrogen and oxygen atoms in total. The van der Waals surface area contributed by atoms with Crippen molar-refractivity contribution < 1.29 is 9.59 Å². The molecule has 0 aliphatic carbocycles. The molecule has 1 atom stereocenters. The van der Waals surface area contributed by atoms with Crippen molar-refractivity contribution in [2.45, 2.75) is 39.3 Å². The van der Waals surface area contributed by atoms with Gasteiger partial charge in [-0.05, 0) is 49.3 Å². The van der Waals surface area contributed by atoms with Crippen molar-refractivity contribution in [3.05, 3.63) is 59.7 Å². The zero-order valence-electron chi connectivity index (χ0n) is 20.5. The van der Waals surface area contributed by atoms with E-state index in [-0.39, 0.29) is 17.9 Å². The zero-order chi connectivity index (χ0) is 24.2. The summed E-state index contributed by atoms with van der Waals surface area (Å²) in [6, 6.07) is 13.7. The number of carbonyl (C=O) groups excluding carboxylic acids is 2. The average molecular weight is 463 g/mol. The second kappa shape index (κ2) is 10.3. The highest BCUT2D eigenvalue weighted by Gasteiger charge is 2.27. The molecular formula is C26H34N6O2. The first kappa shape index (κ1) is 23.9. The first-order valence-corrected chi connectivity index (χ1v) is 12.0. The van der Waals surface area contributed by atoms with Gasteiger partial charge in [0.05, 0.1) is 12.6 Å². The molecule has 1 aliphatic heterocycles. The van der Waals surface area contributed by atoms with Crippen LogP contribution in [0, 0.1) is 5.92 Å². The molecule has 0 radical (unpaired) electrons. The van der Waals surface area contributed by atoms with Gasteiger partial charge in [0.15, 0.2) is 5.82 Å². The third-order valence-corrected chi connectivity index (χ3v) is 6.15. The molecule has 3 aromatic rings. The number of hydrogen-bond acceptors (Lipinski definition) is 5. The Kier molecular flexibility index (Phi) is 7.26. The maximum absolute atomic E-state index is 13.3. The Bertz CT molecular complexity index is 1170. The Morgan fingerprint density at radius 1 is 1.03 bits per heavy atom. The maximum Gasteiger partial charge on any atom is 0.253 e. The lowest BCUT2D eigenvalue weighted by Crippen LogP contribution is -2.38. The standard InChI is InChI=1S/C26H34N6O2/c1-18(2)15-22(27-24(33)17-30(3)4)25-29-28-23-11-12-31(13-14-32(23)25)26(34)21-10-9-19-7-5-6-8-20(19)16-21/h5-10,16,18,22H,11-15,17H2,1-4H3,(H,27,33)/t22-/m0/s1. The number of carbonyl (C=O) groups is 2. The summed E-state index contributed by atoms with van der Waals surface area (Å²) in [5, 5.41) is 14.2. The summed E-state index contributed by atoms with van der Waals surface area (Å²) < 4.78 is 2.09. The topological polar surface area (TPSA) is 83.4 Å². The Morgan fingerprint density at radius 2 is 1.79 bits per heavy atom. The summed E-state index contributed by atoms with van der Waals surface area (Å²) in [6.07, 6.45) is 1.41. The van der Waals surface area contributed by atoms with E-state index < -0.39 is 0 Å². The lowest BCUT2D eigenvalue weighted by molar-refractivity contribution is -0.122. The molecule has 2 aromatic carbocycles. The van der Waals surface area contributed by atoms with Crippen molar-refractivity contribution in [1.29, 1.82) is 0 Å². The second-order valence-corrected chi connectivity index (χ2v) is 9.72. The van der Waals surface area contributed by atoms with Gasteiger partial charge in [0, 0.05) is 31.6 Å². The highest BCUT2D eigenvalue weighted by molar-refractivity contribution is 5.98. The van der Waals surface area contributed by atoms with Crippen molar-refractivity contribution in [3.63, 3.8) is 0 Å². The molecule has 1 aliphatic rings. The van der Waals surface area contributed by atoms with Gasteiger partial charge in [-0.15, -0.1) is 10.2 Å². The van der Waals surface area contributed by atoms with Crippen LogP contribution in [-0.4, -0.2) is 70.1 Å². The van der Waals surface area contributed by atoms with Crippen LogP contribution in [0.25, 0.3) is 10.8 Å². The van der Waals surface area contributed by atoms with Crippen LogP contribution in [0.1, 0.15) is 48.3 Å². The van der Waals surface area contributed by atoms with Crippen LogP contribution in [0.3, 0.4) is 0 Å². The van der Waals surface area contributed by atoms with E-state index in [4.69, 9.17) is 0 Å². The predicted molar refractivity (Wildman–Crippen MR) is 132 cm³/mol. The summed E-state index contributed by atoms with van der Waals surface area (Å²) >= 11 is 0. The molecule has 2 amide bonds. The first-order valence-electron chi connectivity index (χ1n) is 12.0. The van der Waals surface area contributed by atoms with Crippen molar-refractivity contribution >= 4 is 22.6 Å². The summed E-state index contributed by atoms with van der Waals surface area (Å²) in [4.78, 5) is 29.5. The fourth-order valence-electron chi connectivity index (χ4n) is 4.54. The van der Waals surface area contributed by atoms with Gasteiger partial charge in [0.1, 0.15) is 5.82 Å². The first-order chi connectivity index (χ1) is 16.3. The van der Waals surface area contributed by atoms with Gasteiger partial charge >= 0.3 is 0 Å². The average Bonchev–Trinajstić information content (AvgIpc) is 3.08. The second-order valence-electron chi connectivity index (χ2n) is 9.72. The molecule has 0 unspecified atom stereocenters. The normalized spacial score (nSPS) is 14.8. The van der Waals surface area contributed by atoms with Gasteiger partial charge in [-0.3, -0.25) is 9.59 Å². The summed E-state index contributed by atoms with van der Waals surface area (Å²) in [7, 11) is 3.75. The van der Waals surface area contributed by atoms with Gasteiger partial charge in [0.25, 0.3) is 5.91 Å². The van der Waals surface area contributed by atoms with E-state index in [0.29, 0.717) is 44.1 Å². The fraction of sp³-hybridized carbons (Fsp3) is 0.462. The van der Waals surface area contributed by atoms with Gasteiger partial charge < -0.3 is 19.7 Å². The Morgan fingerprint density at radius 3 is 2.53 bits per heavy atom. The molecule has 34 heavy (non-hydrogen) atoms. The van der Waals surface area contributed by atoms with E-state index in [1.807, 2.05) is 66.4 Å². The van der Waals surface area contributed by atoms with Crippen LogP contribution in [0.4, 0.5) is 0 Å². The maximum atomic E-state index is 13.3. The molecule has 180 valence electrons. The molecular weight excluding hydrogens is 428 g/mol. The van der Waals surface area contributed by atoms with Crippen LogP contribution >= 0.6 is 0 Å². The Hall–Kier alpha value is -3.26. The van der Waals surface area contributed by atoms with Gasteiger partial charge in [-0.25, -0.2) is 0 Å². The van der Waals surface area contributed by atoms with Crippen LogP contribution in [-0.2, 0) is 17.8 Å². The minimum absolute atomic E-state index is 0.0315. The molecule has 1 aromatic heterocycles. The molecule has 1 N–H and O–H groups in total. The van der Waals surface area contributed by atoms with Crippen LogP contribution in [0.2, 0.25) is 0 Å². The van der Waals surface area contributed by atoms with Crippen LogP contribution in [0.5, 0.6) is 0 Å².